The molecule has 1 saturated heterocycles. The highest BCUT2D eigenvalue weighted by Crippen LogP contribution is 2.42. The standard InChI is InChI=1S/C24H38F2Si/c1-2-3-4-5-19-14-16-27(17-15-19)22-11-8-20(9-12-22)6-7-21-10-13-23(25)24(26)18-21/h10,13,18-20,22,27H,2-9,11-12,14-17H2,1H3/t19-,20-,22-,27-. The summed E-state index contributed by atoms with van der Waals surface area (Å²) in [5, 5.41) is 0. The molecular formula is C24H38F2Si. The molecule has 152 valence electrons. The minimum absolute atomic E-state index is 0.498. The van der Waals surface area contributed by atoms with E-state index in [-0.39, 0.29) is 0 Å². The maximum absolute atomic E-state index is 13.3. The molecule has 3 rings (SSSR count). The van der Waals surface area contributed by atoms with Gasteiger partial charge < -0.3 is 0 Å². The predicted octanol–water partition coefficient (Wildman–Crippen LogP) is 7.68. The molecule has 1 saturated carbocycles. The van der Waals surface area contributed by atoms with Gasteiger partial charge in [-0.3, -0.25) is 0 Å². The van der Waals surface area contributed by atoms with Crippen molar-refractivity contribution in [1.82, 2.24) is 0 Å². The Morgan fingerprint density at radius 2 is 1.56 bits per heavy atom. The molecule has 2 fully saturated rings. The minimum Gasteiger partial charge on any atom is -0.204 e. The molecule has 3 heteroatoms. The largest absolute Gasteiger partial charge is 0.204 e. The van der Waals surface area contributed by atoms with Crippen molar-refractivity contribution in [3.05, 3.63) is 35.4 Å². The van der Waals surface area contributed by atoms with Gasteiger partial charge in [-0.25, -0.2) is 8.78 Å². The van der Waals surface area contributed by atoms with Crippen molar-refractivity contribution in [2.75, 3.05) is 0 Å². The Labute approximate surface area is 166 Å². The number of benzene rings is 1. The number of aryl methyl sites for hydroxylation is 1. The molecule has 0 N–H and O–H groups in total. The number of hydrogen-bond acceptors (Lipinski definition) is 0. The third kappa shape index (κ3) is 6.41. The summed E-state index contributed by atoms with van der Waals surface area (Å²) in [4.78, 5) is 0. The quantitative estimate of drug-likeness (QED) is 0.314. The van der Waals surface area contributed by atoms with Crippen LogP contribution in [0.25, 0.3) is 0 Å². The fourth-order valence-corrected chi connectivity index (χ4v) is 10.0. The average Bonchev–Trinajstić information content (AvgIpc) is 2.70. The summed E-state index contributed by atoms with van der Waals surface area (Å²) in [6.45, 7) is 2.30. The van der Waals surface area contributed by atoms with Crippen LogP contribution in [0.2, 0.25) is 17.6 Å². The Kier molecular flexibility index (Phi) is 8.36. The van der Waals surface area contributed by atoms with Gasteiger partial charge in [-0.2, -0.15) is 0 Å². The molecule has 0 amide bonds. The molecule has 0 radical (unpaired) electrons. The number of rotatable bonds is 8. The van der Waals surface area contributed by atoms with E-state index < -0.39 is 20.4 Å². The van der Waals surface area contributed by atoms with Crippen LogP contribution < -0.4 is 0 Å². The predicted molar refractivity (Wildman–Crippen MR) is 114 cm³/mol. The van der Waals surface area contributed by atoms with Crippen LogP contribution in [0, 0.1) is 23.5 Å². The Morgan fingerprint density at radius 3 is 2.22 bits per heavy atom. The summed E-state index contributed by atoms with van der Waals surface area (Å²) in [6, 6.07) is 7.62. The van der Waals surface area contributed by atoms with Crippen LogP contribution in [0.5, 0.6) is 0 Å². The number of unbranched alkanes of at least 4 members (excludes halogenated alkanes) is 2. The molecule has 0 aromatic heterocycles. The van der Waals surface area contributed by atoms with Gasteiger partial charge in [0.25, 0.3) is 0 Å². The molecule has 2 aliphatic rings. The van der Waals surface area contributed by atoms with Gasteiger partial charge in [0.2, 0.25) is 0 Å². The van der Waals surface area contributed by atoms with E-state index in [2.05, 4.69) is 6.92 Å². The lowest BCUT2D eigenvalue weighted by Crippen LogP contribution is -2.29. The zero-order valence-corrected chi connectivity index (χ0v) is 18.4. The van der Waals surface area contributed by atoms with E-state index in [1.165, 1.54) is 76.3 Å². The van der Waals surface area contributed by atoms with Crippen molar-refractivity contribution in [2.24, 2.45) is 11.8 Å². The SMILES string of the molecule is CCCCC[C@H]1CC[Si@H]([C@H]2CC[C@H](CCc3ccc(F)c(F)c3)CC2)CC1. The highest BCUT2D eigenvalue weighted by molar-refractivity contribution is 6.60. The second-order valence-corrected chi connectivity index (χ2v) is 13.0. The third-order valence-corrected chi connectivity index (χ3v) is 11.6. The van der Waals surface area contributed by atoms with Gasteiger partial charge in [-0.05, 0) is 47.9 Å². The molecule has 0 bridgehead atoms. The second-order valence-electron chi connectivity index (χ2n) is 9.34. The Morgan fingerprint density at radius 1 is 0.852 bits per heavy atom. The lowest BCUT2D eigenvalue weighted by Gasteiger charge is -2.37. The van der Waals surface area contributed by atoms with E-state index >= 15 is 0 Å². The first kappa shape index (κ1) is 21.0. The van der Waals surface area contributed by atoms with Crippen LogP contribution in [-0.2, 0) is 6.42 Å². The van der Waals surface area contributed by atoms with Crippen molar-refractivity contribution in [1.29, 1.82) is 0 Å². The Bertz CT molecular complexity index is 557. The van der Waals surface area contributed by atoms with Gasteiger partial charge in [0.15, 0.2) is 11.6 Å². The molecule has 27 heavy (non-hydrogen) atoms. The summed E-state index contributed by atoms with van der Waals surface area (Å²) in [6.07, 6.45) is 16.5. The summed E-state index contributed by atoms with van der Waals surface area (Å²) in [5.74, 6) is 0.415. The van der Waals surface area contributed by atoms with Crippen LogP contribution in [0.1, 0.15) is 83.1 Å². The summed E-state index contributed by atoms with van der Waals surface area (Å²) in [5.41, 5.74) is 2.05. The van der Waals surface area contributed by atoms with Crippen molar-refractivity contribution in [3.63, 3.8) is 0 Å². The monoisotopic (exact) mass is 392 g/mol. The summed E-state index contributed by atoms with van der Waals surface area (Å²) < 4.78 is 26.4. The van der Waals surface area contributed by atoms with Crippen molar-refractivity contribution in [3.8, 4) is 0 Å². The van der Waals surface area contributed by atoms with E-state index in [1.54, 1.807) is 18.2 Å². The Hall–Kier alpha value is -0.703. The molecule has 0 nitrogen and oxygen atoms in total. The number of hydrogen-bond donors (Lipinski definition) is 0. The van der Waals surface area contributed by atoms with Crippen LogP contribution in [-0.4, -0.2) is 8.80 Å². The molecular weight excluding hydrogens is 354 g/mol. The molecule has 0 atom stereocenters. The van der Waals surface area contributed by atoms with Gasteiger partial charge in [-0.15, -0.1) is 0 Å². The maximum atomic E-state index is 13.3. The van der Waals surface area contributed by atoms with E-state index in [0.29, 0.717) is 0 Å². The topological polar surface area (TPSA) is 0 Å². The minimum atomic E-state index is -0.732. The smallest absolute Gasteiger partial charge is 0.159 e. The van der Waals surface area contributed by atoms with Crippen molar-refractivity contribution in [2.45, 2.75) is 102 Å². The summed E-state index contributed by atoms with van der Waals surface area (Å²) in [7, 11) is -0.498. The van der Waals surface area contributed by atoms with Crippen molar-refractivity contribution >= 4 is 8.80 Å². The fraction of sp³-hybridized carbons (Fsp3) is 0.750. The zero-order chi connectivity index (χ0) is 19.1. The maximum Gasteiger partial charge on any atom is 0.159 e. The average molecular weight is 393 g/mol. The summed E-state index contributed by atoms with van der Waals surface area (Å²) >= 11 is 0. The first-order valence-corrected chi connectivity index (χ1v) is 13.9. The Balaban J connectivity index is 1.34. The first-order chi connectivity index (χ1) is 13.2. The molecule has 1 aliphatic carbocycles. The van der Waals surface area contributed by atoms with E-state index in [0.717, 1.165) is 35.8 Å². The van der Waals surface area contributed by atoms with Gasteiger partial charge in [-0.1, -0.05) is 89.3 Å². The molecule has 1 aliphatic heterocycles. The van der Waals surface area contributed by atoms with E-state index in [9.17, 15) is 8.78 Å². The fourth-order valence-electron chi connectivity index (χ4n) is 5.65. The molecule has 0 unspecified atom stereocenters. The van der Waals surface area contributed by atoms with Gasteiger partial charge >= 0.3 is 0 Å². The van der Waals surface area contributed by atoms with Crippen LogP contribution in [0.4, 0.5) is 8.78 Å². The van der Waals surface area contributed by atoms with Crippen LogP contribution in [0.3, 0.4) is 0 Å². The number of halogens is 2. The van der Waals surface area contributed by atoms with Crippen LogP contribution in [0.15, 0.2) is 18.2 Å². The highest BCUT2D eigenvalue weighted by Gasteiger charge is 2.31. The van der Waals surface area contributed by atoms with Gasteiger partial charge in [0.1, 0.15) is 0 Å². The molecule has 1 aromatic carbocycles. The van der Waals surface area contributed by atoms with E-state index in [1.807, 2.05) is 0 Å². The second kappa shape index (κ2) is 10.7. The highest BCUT2D eigenvalue weighted by atomic mass is 28.3. The van der Waals surface area contributed by atoms with Gasteiger partial charge in [0, 0.05) is 8.80 Å². The van der Waals surface area contributed by atoms with Crippen molar-refractivity contribution < 1.29 is 8.78 Å². The molecule has 1 heterocycles. The van der Waals surface area contributed by atoms with Crippen LogP contribution >= 0.6 is 0 Å². The molecule has 0 spiro atoms. The molecule has 1 aromatic rings. The zero-order valence-electron chi connectivity index (χ0n) is 17.2. The first-order valence-electron chi connectivity index (χ1n) is 11.6. The lowest BCUT2D eigenvalue weighted by atomic mass is 9.85. The third-order valence-electron chi connectivity index (χ3n) is 7.49. The van der Waals surface area contributed by atoms with E-state index in [4.69, 9.17) is 0 Å². The normalized spacial score (nSPS) is 29.0. The lowest BCUT2D eigenvalue weighted by molar-refractivity contribution is 0.331. The van der Waals surface area contributed by atoms with Gasteiger partial charge in [0.05, 0.1) is 0 Å².